The van der Waals surface area contributed by atoms with Crippen LogP contribution in [-0.4, -0.2) is 36.0 Å². The quantitative estimate of drug-likeness (QED) is 0.846. The molecule has 0 saturated carbocycles. The number of likely N-dealkylation sites (N-methyl/N-ethyl adjacent to an activating group) is 1. The summed E-state index contributed by atoms with van der Waals surface area (Å²) in [6, 6.07) is 8.34. The molecule has 3 rings (SSSR count). The van der Waals surface area contributed by atoms with Crippen molar-refractivity contribution >= 4 is 17.2 Å². The second-order valence-corrected chi connectivity index (χ2v) is 6.79. The van der Waals surface area contributed by atoms with Crippen molar-refractivity contribution in [1.29, 1.82) is 0 Å². The van der Waals surface area contributed by atoms with Crippen molar-refractivity contribution in [1.82, 2.24) is 9.88 Å². The Morgan fingerprint density at radius 3 is 3.04 bits per heavy atom. The van der Waals surface area contributed by atoms with Crippen LogP contribution in [0.1, 0.15) is 34.9 Å². The van der Waals surface area contributed by atoms with Gasteiger partial charge in [-0.15, -0.1) is 11.3 Å². The molecule has 0 radical (unpaired) electrons. The van der Waals surface area contributed by atoms with Crippen molar-refractivity contribution in [2.24, 2.45) is 0 Å². The van der Waals surface area contributed by atoms with E-state index in [0.717, 1.165) is 30.2 Å². The van der Waals surface area contributed by atoms with Gasteiger partial charge in [0, 0.05) is 12.4 Å². The number of aromatic nitrogens is 1. The third kappa shape index (κ3) is 3.79. The first-order valence-corrected chi connectivity index (χ1v) is 8.92. The molecule has 0 unspecified atom stereocenters. The number of hydrogen-bond acceptors (Lipinski definition) is 4. The molecular weight excluding hydrogens is 308 g/mol. The average Bonchev–Trinajstić information content (AvgIpc) is 3.02. The highest BCUT2D eigenvalue weighted by molar-refractivity contribution is 7.09. The molecule has 0 saturated heterocycles. The molecule has 122 valence electrons. The molecule has 1 aromatic heterocycles. The molecule has 2 aromatic rings. The van der Waals surface area contributed by atoms with E-state index in [2.05, 4.69) is 30.1 Å². The molecular formula is C18H22N2O2S. The van der Waals surface area contributed by atoms with Crippen LogP contribution >= 0.6 is 11.3 Å². The van der Waals surface area contributed by atoms with Crippen LogP contribution in [-0.2, 0) is 28.8 Å². The number of aryl methyl sites for hydroxylation is 1. The van der Waals surface area contributed by atoms with Crippen LogP contribution in [0.5, 0.6) is 0 Å². The number of hydrogen-bond donors (Lipinski definition) is 0. The van der Waals surface area contributed by atoms with Gasteiger partial charge in [-0.3, -0.25) is 4.79 Å². The second kappa shape index (κ2) is 7.23. The Balaban J connectivity index is 1.63. The highest BCUT2D eigenvalue weighted by Gasteiger charge is 2.23. The first-order valence-electron chi connectivity index (χ1n) is 8.04. The molecule has 1 atom stereocenters. The van der Waals surface area contributed by atoms with Crippen LogP contribution in [0, 0.1) is 0 Å². The van der Waals surface area contributed by atoms with Crippen molar-refractivity contribution < 1.29 is 9.53 Å². The zero-order chi connectivity index (χ0) is 16.2. The fourth-order valence-corrected chi connectivity index (χ4v) is 3.61. The minimum absolute atomic E-state index is 0.0319. The Labute approximate surface area is 141 Å². The molecule has 0 N–H and O–H groups in total. The maximum absolute atomic E-state index is 12.4. The number of fused-ring (bicyclic) bond motifs is 1. The first-order chi connectivity index (χ1) is 11.2. The molecule has 0 spiro atoms. The van der Waals surface area contributed by atoms with Crippen LogP contribution < -0.4 is 0 Å². The van der Waals surface area contributed by atoms with E-state index in [0.29, 0.717) is 13.0 Å². The van der Waals surface area contributed by atoms with Gasteiger partial charge < -0.3 is 9.64 Å². The SMILES string of the molecule is CCc1nc(CC(=O)N(C)C[C@H]2OCCc3ccccc32)cs1. The van der Waals surface area contributed by atoms with Gasteiger partial charge in [0.1, 0.15) is 6.10 Å². The van der Waals surface area contributed by atoms with Gasteiger partial charge >= 0.3 is 0 Å². The maximum atomic E-state index is 12.4. The summed E-state index contributed by atoms with van der Waals surface area (Å²) in [6.07, 6.45) is 2.20. The first kappa shape index (κ1) is 16.1. The lowest BCUT2D eigenvalue weighted by Gasteiger charge is -2.29. The molecule has 1 aliphatic heterocycles. The smallest absolute Gasteiger partial charge is 0.228 e. The summed E-state index contributed by atoms with van der Waals surface area (Å²) in [7, 11) is 1.84. The van der Waals surface area contributed by atoms with Crippen LogP contribution in [0.2, 0.25) is 0 Å². The van der Waals surface area contributed by atoms with E-state index >= 15 is 0 Å². The third-order valence-electron chi connectivity index (χ3n) is 4.19. The van der Waals surface area contributed by atoms with E-state index in [1.165, 1.54) is 11.1 Å². The molecule has 23 heavy (non-hydrogen) atoms. The van der Waals surface area contributed by atoms with Crippen molar-refractivity contribution in [3.05, 3.63) is 51.5 Å². The zero-order valence-corrected chi connectivity index (χ0v) is 14.4. The van der Waals surface area contributed by atoms with Crippen molar-refractivity contribution in [2.45, 2.75) is 32.3 Å². The number of benzene rings is 1. The summed E-state index contributed by atoms with van der Waals surface area (Å²) in [4.78, 5) is 18.7. The van der Waals surface area contributed by atoms with E-state index in [4.69, 9.17) is 4.74 Å². The molecule has 5 heteroatoms. The summed E-state index contributed by atoms with van der Waals surface area (Å²) in [5.74, 6) is 0.0876. The van der Waals surface area contributed by atoms with Gasteiger partial charge in [0.2, 0.25) is 5.91 Å². The van der Waals surface area contributed by atoms with E-state index in [-0.39, 0.29) is 12.0 Å². The van der Waals surface area contributed by atoms with Gasteiger partial charge in [0.15, 0.2) is 0 Å². The lowest BCUT2D eigenvalue weighted by atomic mass is 9.97. The molecule has 1 aliphatic rings. The van der Waals surface area contributed by atoms with E-state index in [1.54, 1.807) is 16.2 Å². The van der Waals surface area contributed by atoms with Crippen LogP contribution in [0.25, 0.3) is 0 Å². The van der Waals surface area contributed by atoms with Gasteiger partial charge in [-0.25, -0.2) is 4.98 Å². The molecule has 2 heterocycles. The average molecular weight is 330 g/mol. The summed E-state index contributed by atoms with van der Waals surface area (Å²) in [6.45, 7) is 3.38. The standard InChI is InChI=1S/C18H22N2O2S/c1-3-17-19-14(12-23-17)10-18(21)20(2)11-16-15-7-5-4-6-13(15)8-9-22-16/h4-7,12,16H,3,8-11H2,1-2H3/t16-/m1/s1. The highest BCUT2D eigenvalue weighted by Crippen LogP contribution is 2.27. The fourth-order valence-electron chi connectivity index (χ4n) is 2.86. The molecule has 0 fully saturated rings. The van der Waals surface area contributed by atoms with Gasteiger partial charge in [-0.2, -0.15) is 0 Å². The van der Waals surface area contributed by atoms with Crippen LogP contribution in [0.4, 0.5) is 0 Å². The summed E-state index contributed by atoms with van der Waals surface area (Å²) in [5, 5.41) is 3.07. The Kier molecular flexibility index (Phi) is 5.08. The largest absolute Gasteiger partial charge is 0.371 e. The van der Waals surface area contributed by atoms with Crippen molar-refractivity contribution in [2.75, 3.05) is 20.2 Å². The number of rotatable bonds is 5. The fraction of sp³-hybridized carbons (Fsp3) is 0.444. The Morgan fingerprint density at radius 2 is 2.26 bits per heavy atom. The number of thiazole rings is 1. The number of carbonyl (C=O) groups is 1. The van der Waals surface area contributed by atoms with E-state index < -0.39 is 0 Å². The van der Waals surface area contributed by atoms with E-state index in [1.807, 2.05) is 18.5 Å². The Hall–Kier alpha value is -1.72. The second-order valence-electron chi connectivity index (χ2n) is 5.85. The summed E-state index contributed by atoms with van der Waals surface area (Å²) >= 11 is 1.62. The van der Waals surface area contributed by atoms with Crippen LogP contribution in [0.15, 0.2) is 29.6 Å². The monoisotopic (exact) mass is 330 g/mol. The third-order valence-corrected chi connectivity index (χ3v) is 5.23. The Bertz CT molecular complexity index is 683. The molecule has 0 aliphatic carbocycles. The van der Waals surface area contributed by atoms with Gasteiger partial charge in [0.25, 0.3) is 0 Å². The van der Waals surface area contributed by atoms with Crippen molar-refractivity contribution in [3.8, 4) is 0 Å². The predicted molar refractivity (Wildman–Crippen MR) is 91.7 cm³/mol. The minimum Gasteiger partial charge on any atom is -0.371 e. The maximum Gasteiger partial charge on any atom is 0.228 e. The molecule has 1 aromatic carbocycles. The summed E-state index contributed by atoms with van der Waals surface area (Å²) < 4.78 is 5.89. The van der Waals surface area contributed by atoms with E-state index in [9.17, 15) is 4.79 Å². The van der Waals surface area contributed by atoms with Crippen LogP contribution in [0.3, 0.4) is 0 Å². The zero-order valence-electron chi connectivity index (χ0n) is 13.6. The van der Waals surface area contributed by atoms with Crippen molar-refractivity contribution in [3.63, 3.8) is 0 Å². The normalized spacial score (nSPS) is 16.9. The topological polar surface area (TPSA) is 42.4 Å². The minimum atomic E-state index is -0.0319. The number of amides is 1. The van der Waals surface area contributed by atoms with Gasteiger partial charge in [-0.05, 0) is 24.0 Å². The molecule has 4 nitrogen and oxygen atoms in total. The van der Waals surface area contributed by atoms with Gasteiger partial charge in [-0.1, -0.05) is 31.2 Å². The lowest BCUT2D eigenvalue weighted by Crippen LogP contribution is -2.34. The number of nitrogens with zero attached hydrogens (tertiary/aromatic N) is 2. The number of carbonyl (C=O) groups excluding carboxylic acids is 1. The van der Waals surface area contributed by atoms with Gasteiger partial charge in [0.05, 0.1) is 30.3 Å². The Morgan fingerprint density at radius 1 is 1.43 bits per heavy atom. The molecule has 1 amide bonds. The lowest BCUT2D eigenvalue weighted by molar-refractivity contribution is -0.131. The summed E-state index contributed by atoms with van der Waals surface area (Å²) in [5.41, 5.74) is 3.41. The number of ether oxygens (including phenoxy) is 1. The molecule has 0 bridgehead atoms. The highest BCUT2D eigenvalue weighted by atomic mass is 32.1. The predicted octanol–water partition coefficient (Wildman–Crippen LogP) is 3.02.